The second-order valence-electron chi connectivity index (χ2n) is 3.16. The first-order valence-electron chi connectivity index (χ1n) is 4.70. The van der Waals surface area contributed by atoms with Crippen LogP contribution in [0.1, 0.15) is 10.5 Å². The Balaban J connectivity index is 0.00000162. The van der Waals surface area contributed by atoms with Crippen LogP contribution in [-0.4, -0.2) is 15.9 Å². The van der Waals surface area contributed by atoms with Gasteiger partial charge in [-0.1, -0.05) is 12.1 Å². The number of benzene rings is 1. The third-order valence-corrected chi connectivity index (χ3v) is 2.34. The van der Waals surface area contributed by atoms with Crippen LogP contribution in [-0.2, 0) is 0 Å². The monoisotopic (exact) mass is 312 g/mol. The quantitative estimate of drug-likeness (QED) is 0.892. The molecule has 0 aliphatic carbocycles. The molecule has 2 rings (SSSR count). The molecule has 0 atom stereocenters. The fourth-order valence-electron chi connectivity index (χ4n) is 1.20. The van der Waals surface area contributed by atoms with Gasteiger partial charge >= 0.3 is 0 Å². The number of aromatic nitrogens is 2. The van der Waals surface area contributed by atoms with Crippen LogP contribution in [0.5, 0.6) is 0 Å². The Hall–Kier alpha value is -1.86. The molecule has 4 N–H and O–H groups in total. The summed E-state index contributed by atoms with van der Waals surface area (Å²) in [5.41, 5.74) is 0.224. The fourth-order valence-corrected chi connectivity index (χ4v) is 1.51. The molecule has 1 aromatic carbocycles. The number of carbonyl (C=O) groups is 1. The van der Waals surface area contributed by atoms with Crippen molar-refractivity contribution < 1.29 is 9.18 Å². The standard InChI is InChI=1S/C11H7BrFN3O.H3N/c12-10-6-14-5-9(15-10)11(17)16-8-4-2-1-3-7(8)13;/h1-6H,(H,16,17);1H3. The summed E-state index contributed by atoms with van der Waals surface area (Å²) in [4.78, 5) is 19.4. The largest absolute Gasteiger partial charge is 0.344 e. The van der Waals surface area contributed by atoms with Gasteiger partial charge in [0.15, 0.2) is 0 Å². The average molecular weight is 313 g/mol. The van der Waals surface area contributed by atoms with Crippen molar-refractivity contribution >= 4 is 27.5 Å². The molecule has 0 aliphatic rings. The summed E-state index contributed by atoms with van der Waals surface area (Å²) in [7, 11) is 0. The van der Waals surface area contributed by atoms with Crippen molar-refractivity contribution in [1.29, 1.82) is 0 Å². The van der Waals surface area contributed by atoms with Gasteiger partial charge in [-0.2, -0.15) is 0 Å². The van der Waals surface area contributed by atoms with E-state index in [9.17, 15) is 9.18 Å². The van der Waals surface area contributed by atoms with Gasteiger partial charge in [0.25, 0.3) is 5.91 Å². The van der Waals surface area contributed by atoms with E-state index in [-0.39, 0.29) is 17.5 Å². The molecule has 0 radical (unpaired) electrons. The number of carbonyl (C=O) groups excluding carboxylic acids is 1. The van der Waals surface area contributed by atoms with Gasteiger partial charge in [-0.05, 0) is 28.1 Å². The summed E-state index contributed by atoms with van der Waals surface area (Å²) in [6, 6.07) is 5.91. The highest BCUT2D eigenvalue weighted by molar-refractivity contribution is 9.10. The number of nitrogens with zero attached hydrogens (tertiary/aromatic N) is 2. The fraction of sp³-hybridized carbons (Fsp3) is 0. The zero-order valence-corrected chi connectivity index (χ0v) is 10.8. The van der Waals surface area contributed by atoms with Crippen LogP contribution in [0.4, 0.5) is 10.1 Å². The molecule has 0 saturated heterocycles. The molecule has 0 spiro atoms. The second kappa shape index (κ2) is 6.18. The molecule has 0 saturated carbocycles. The lowest BCUT2D eigenvalue weighted by molar-refractivity contribution is 0.102. The number of anilines is 1. The van der Waals surface area contributed by atoms with Crippen molar-refractivity contribution in [3.05, 3.63) is 52.8 Å². The number of para-hydroxylation sites is 1. The Morgan fingerprint density at radius 3 is 2.67 bits per heavy atom. The highest BCUT2D eigenvalue weighted by atomic mass is 79.9. The molecule has 94 valence electrons. The number of hydrogen-bond acceptors (Lipinski definition) is 4. The van der Waals surface area contributed by atoms with Gasteiger partial charge in [-0.3, -0.25) is 9.78 Å². The van der Waals surface area contributed by atoms with Gasteiger partial charge in [-0.25, -0.2) is 9.37 Å². The van der Waals surface area contributed by atoms with Gasteiger partial charge in [0.2, 0.25) is 0 Å². The first kappa shape index (κ1) is 14.2. The van der Waals surface area contributed by atoms with Crippen molar-refractivity contribution in [1.82, 2.24) is 16.1 Å². The Labute approximate surface area is 111 Å². The Kier molecular flexibility index (Phi) is 4.87. The van der Waals surface area contributed by atoms with E-state index in [0.29, 0.717) is 4.60 Å². The summed E-state index contributed by atoms with van der Waals surface area (Å²) in [5.74, 6) is -1.01. The van der Waals surface area contributed by atoms with E-state index in [4.69, 9.17) is 0 Å². The summed E-state index contributed by atoms with van der Waals surface area (Å²) >= 11 is 3.10. The minimum absolute atomic E-state index is 0. The van der Waals surface area contributed by atoms with Crippen LogP contribution in [0.2, 0.25) is 0 Å². The molecule has 0 bridgehead atoms. The van der Waals surface area contributed by atoms with Gasteiger partial charge in [0, 0.05) is 0 Å². The maximum atomic E-state index is 13.3. The number of rotatable bonds is 2. The number of amides is 1. The third kappa shape index (κ3) is 3.31. The molecular weight excluding hydrogens is 303 g/mol. The summed E-state index contributed by atoms with van der Waals surface area (Å²) < 4.78 is 13.7. The van der Waals surface area contributed by atoms with E-state index >= 15 is 0 Å². The van der Waals surface area contributed by atoms with E-state index < -0.39 is 11.7 Å². The molecule has 0 unspecified atom stereocenters. The lowest BCUT2D eigenvalue weighted by atomic mass is 10.3. The maximum absolute atomic E-state index is 13.3. The molecule has 0 fully saturated rings. The van der Waals surface area contributed by atoms with Crippen molar-refractivity contribution in [2.45, 2.75) is 0 Å². The van der Waals surface area contributed by atoms with E-state index in [1.54, 1.807) is 12.1 Å². The third-order valence-electron chi connectivity index (χ3n) is 1.96. The topological polar surface area (TPSA) is 89.9 Å². The number of hydrogen-bond donors (Lipinski definition) is 2. The lowest BCUT2D eigenvalue weighted by Gasteiger charge is -2.05. The van der Waals surface area contributed by atoms with Crippen molar-refractivity contribution in [2.75, 3.05) is 5.32 Å². The Bertz CT molecular complexity index is 564. The summed E-state index contributed by atoms with van der Waals surface area (Å²) in [6.45, 7) is 0. The van der Waals surface area contributed by atoms with Crippen molar-refractivity contribution in [3.63, 3.8) is 0 Å². The zero-order chi connectivity index (χ0) is 12.3. The van der Waals surface area contributed by atoms with Crippen LogP contribution < -0.4 is 11.5 Å². The Morgan fingerprint density at radius 1 is 1.28 bits per heavy atom. The Morgan fingerprint density at radius 2 is 2.00 bits per heavy atom. The molecule has 18 heavy (non-hydrogen) atoms. The van der Waals surface area contributed by atoms with Crippen molar-refractivity contribution in [3.8, 4) is 0 Å². The average Bonchev–Trinajstić information content (AvgIpc) is 2.32. The van der Waals surface area contributed by atoms with Gasteiger partial charge in [-0.15, -0.1) is 0 Å². The van der Waals surface area contributed by atoms with Crippen LogP contribution in [0, 0.1) is 5.82 Å². The molecule has 1 heterocycles. The highest BCUT2D eigenvalue weighted by Gasteiger charge is 2.10. The van der Waals surface area contributed by atoms with Crippen LogP contribution in [0.25, 0.3) is 0 Å². The molecule has 1 aromatic heterocycles. The first-order chi connectivity index (χ1) is 8.16. The summed E-state index contributed by atoms with van der Waals surface area (Å²) in [6.07, 6.45) is 2.76. The summed E-state index contributed by atoms with van der Waals surface area (Å²) in [5, 5.41) is 2.42. The van der Waals surface area contributed by atoms with Gasteiger partial charge < -0.3 is 11.5 Å². The predicted molar refractivity (Wildman–Crippen MR) is 69.1 cm³/mol. The van der Waals surface area contributed by atoms with Gasteiger partial charge in [0.05, 0.1) is 18.1 Å². The number of halogens is 2. The highest BCUT2D eigenvalue weighted by Crippen LogP contribution is 2.13. The normalized spacial score (nSPS) is 9.44. The predicted octanol–water partition coefficient (Wildman–Crippen LogP) is 2.79. The SMILES string of the molecule is N.O=C(Nc1ccccc1F)c1cncc(Br)n1. The molecule has 5 nitrogen and oxygen atoms in total. The van der Waals surface area contributed by atoms with E-state index in [1.165, 1.54) is 24.5 Å². The van der Waals surface area contributed by atoms with Crippen LogP contribution in [0.3, 0.4) is 0 Å². The minimum atomic E-state index is -0.510. The molecule has 7 heteroatoms. The maximum Gasteiger partial charge on any atom is 0.275 e. The second-order valence-corrected chi connectivity index (χ2v) is 3.97. The first-order valence-corrected chi connectivity index (χ1v) is 5.49. The van der Waals surface area contributed by atoms with E-state index in [0.717, 1.165) is 0 Å². The van der Waals surface area contributed by atoms with E-state index in [2.05, 4.69) is 31.2 Å². The van der Waals surface area contributed by atoms with Crippen LogP contribution >= 0.6 is 15.9 Å². The molecular formula is C11H10BrFN4O. The molecule has 0 aliphatic heterocycles. The zero-order valence-electron chi connectivity index (χ0n) is 9.23. The molecule has 1 amide bonds. The van der Waals surface area contributed by atoms with E-state index in [1.807, 2.05) is 0 Å². The minimum Gasteiger partial charge on any atom is -0.344 e. The number of nitrogens with one attached hydrogen (secondary N) is 1. The van der Waals surface area contributed by atoms with Crippen molar-refractivity contribution in [2.24, 2.45) is 0 Å². The van der Waals surface area contributed by atoms with Crippen LogP contribution in [0.15, 0.2) is 41.3 Å². The van der Waals surface area contributed by atoms with Gasteiger partial charge in [0.1, 0.15) is 16.1 Å². The smallest absolute Gasteiger partial charge is 0.275 e. The lowest BCUT2D eigenvalue weighted by Crippen LogP contribution is -2.15. The molecule has 2 aromatic rings.